The molecular formula is C15H25ClN2O3. The van der Waals surface area contributed by atoms with Gasteiger partial charge in [-0.25, -0.2) is 0 Å². The van der Waals surface area contributed by atoms with Crippen molar-refractivity contribution < 1.29 is 14.3 Å². The van der Waals surface area contributed by atoms with Crippen LogP contribution in [0.3, 0.4) is 0 Å². The molecule has 0 spiro atoms. The second-order valence-electron chi connectivity index (χ2n) is 4.50. The highest BCUT2D eigenvalue weighted by Gasteiger charge is 2.08. The van der Waals surface area contributed by atoms with Crippen LogP contribution in [-0.4, -0.2) is 51.3 Å². The van der Waals surface area contributed by atoms with Crippen molar-refractivity contribution in [3.05, 3.63) is 29.8 Å². The number of likely N-dealkylation sites (N-methyl/N-ethyl adjacent to an activating group) is 1. The van der Waals surface area contributed by atoms with Crippen LogP contribution in [0.2, 0.25) is 0 Å². The van der Waals surface area contributed by atoms with Crippen LogP contribution in [0.5, 0.6) is 5.75 Å². The number of benzene rings is 1. The van der Waals surface area contributed by atoms with Gasteiger partial charge in [0.25, 0.3) is 0 Å². The molecular weight excluding hydrogens is 292 g/mol. The summed E-state index contributed by atoms with van der Waals surface area (Å²) in [6, 6.07) is 7.81. The maximum Gasteiger partial charge on any atom is 0.236 e. The minimum absolute atomic E-state index is 0. The number of nitrogens with one attached hydrogen (secondary N) is 1. The Hall–Kier alpha value is -1.30. The molecule has 1 rings (SSSR count). The molecule has 6 heteroatoms. The van der Waals surface area contributed by atoms with Crippen LogP contribution in [0, 0.1) is 0 Å². The van der Waals surface area contributed by atoms with Crippen molar-refractivity contribution in [2.45, 2.75) is 13.5 Å². The fourth-order valence-corrected chi connectivity index (χ4v) is 1.72. The van der Waals surface area contributed by atoms with Gasteiger partial charge in [-0.15, -0.1) is 12.4 Å². The Morgan fingerprint density at radius 1 is 1.29 bits per heavy atom. The van der Waals surface area contributed by atoms with Gasteiger partial charge >= 0.3 is 0 Å². The molecule has 0 heterocycles. The van der Waals surface area contributed by atoms with E-state index in [0.717, 1.165) is 11.3 Å². The summed E-state index contributed by atoms with van der Waals surface area (Å²) < 4.78 is 10.3. The lowest BCUT2D eigenvalue weighted by Gasteiger charge is -2.18. The Morgan fingerprint density at radius 3 is 2.52 bits per heavy atom. The molecule has 120 valence electrons. The van der Waals surface area contributed by atoms with Crippen molar-refractivity contribution in [3.63, 3.8) is 0 Å². The summed E-state index contributed by atoms with van der Waals surface area (Å²) in [6.45, 7) is 4.82. The van der Waals surface area contributed by atoms with E-state index in [1.807, 2.05) is 31.2 Å². The molecule has 0 radical (unpaired) electrons. The Kier molecular flexibility index (Phi) is 10.7. The molecule has 0 saturated heterocycles. The number of nitrogens with zero attached hydrogens (tertiary/aromatic N) is 1. The zero-order valence-electron chi connectivity index (χ0n) is 12.9. The average molecular weight is 317 g/mol. The topological polar surface area (TPSA) is 50.8 Å². The Bertz CT molecular complexity index is 398. The minimum atomic E-state index is 0. The van der Waals surface area contributed by atoms with E-state index in [0.29, 0.717) is 32.8 Å². The van der Waals surface area contributed by atoms with E-state index in [2.05, 4.69) is 5.32 Å². The van der Waals surface area contributed by atoms with Crippen LogP contribution in [0.25, 0.3) is 0 Å². The van der Waals surface area contributed by atoms with Crippen molar-refractivity contribution >= 4 is 18.3 Å². The maximum absolute atomic E-state index is 11.9. The standard InChI is InChI=1S/C15H24N2O3.ClH/c1-4-20-14-7-5-13(6-8-14)12-17(2)15(18)11-16-9-10-19-3;/h5-8,16H,4,9-12H2,1-3H3;1H. The second-order valence-corrected chi connectivity index (χ2v) is 4.50. The zero-order valence-corrected chi connectivity index (χ0v) is 13.7. The molecule has 0 unspecified atom stereocenters. The van der Waals surface area contributed by atoms with Crippen molar-refractivity contribution in [1.29, 1.82) is 0 Å². The third kappa shape index (κ3) is 7.90. The van der Waals surface area contributed by atoms with Crippen molar-refractivity contribution in [3.8, 4) is 5.75 Å². The molecule has 0 bridgehead atoms. The molecule has 0 aliphatic heterocycles. The predicted octanol–water partition coefficient (Wildman–Crippen LogP) is 1.70. The molecule has 0 aliphatic rings. The van der Waals surface area contributed by atoms with Gasteiger partial charge in [-0.3, -0.25) is 4.79 Å². The third-order valence-corrected chi connectivity index (χ3v) is 2.84. The molecule has 1 N–H and O–H groups in total. The summed E-state index contributed by atoms with van der Waals surface area (Å²) in [6.07, 6.45) is 0. The summed E-state index contributed by atoms with van der Waals surface area (Å²) in [7, 11) is 3.44. The van der Waals surface area contributed by atoms with Gasteiger partial charge in [0.1, 0.15) is 5.75 Å². The van der Waals surface area contributed by atoms with Gasteiger partial charge < -0.3 is 19.7 Å². The van der Waals surface area contributed by atoms with E-state index in [-0.39, 0.29) is 18.3 Å². The van der Waals surface area contributed by atoms with Crippen LogP contribution in [0.4, 0.5) is 0 Å². The SMILES string of the molecule is CCOc1ccc(CN(C)C(=O)CNCCOC)cc1.Cl. The highest BCUT2D eigenvalue weighted by Crippen LogP contribution is 2.13. The fraction of sp³-hybridized carbons (Fsp3) is 0.533. The highest BCUT2D eigenvalue weighted by atomic mass is 35.5. The molecule has 1 amide bonds. The van der Waals surface area contributed by atoms with Gasteiger partial charge in [0.15, 0.2) is 0 Å². The van der Waals surface area contributed by atoms with Crippen LogP contribution in [0.15, 0.2) is 24.3 Å². The van der Waals surface area contributed by atoms with Crippen LogP contribution < -0.4 is 10.1 Å². The van der Waals surface area contributed by atoms with Gasteiger partial charge in [-0.1, -0.05) is 12.1 Å². The largest absolute Gasteiger partial charge is 0.494 e. The number of methoxy groups -OCH3 is 1. The molecule has 0 aliphatic carbocycles. The number of amides is 1. The number of carbonyl (C=O) groups excluding carboxylic acids is 1. The Morgan fingerprint density at radius 2 is 1.95 bits per heavy atom. The first-order valence-corrected chi connectivity index (χ1v) is 6.82. The predicted molar refractivity (Wildman–Crippen MR) is 86.1 cm³/mol. The minimum Gasteiger partial charge on any atom is -0.494 e. The molecule has 0 fully saturated rings. The van der Waals surface area contributed by atoms with E-state index in [1.165, 1.54) is 0 Å². The monoisotopic (exact) mass is 316 g/mol. The quantitative estimate of drug-likeness (QED) is 0.705. The maximum atomic E-state index is 11.9. The second kappa shape index (κ2) is 11.4. The lowest BCUT2D eigenvalue weighted by molar-refractivity contribution is -0.129. The van der Waals surface area contributed by atoms with E-state index >= 15 is 0 Å². The summed E-state index contributed by atoms with van der Waals surface area (Å²) in [5.41, 5.74) is 1.08. The molecule has 1 aromatic rings. The van der Waals surface area contributed by atoms with E-state index in [4.69, 9.17) is 9.47 Å². The van der Waals surface area contributed by atoms with Crippen molar-refractivity contribution in [1.82, 2.24) is 10.2 Å². The molecule has 1 aromatic carbocycles. The molecule has 0 atom stereocenters. The van der Waals surface area contributed by atoms with Crippen LogP contribution in [0.1, 0.15) is 12.5 Å². The highest BCUT2D eigenvalue weighted by molar-refractivity contribution is 5.85. The molecule has 21 heavy (non-hydrogen) atoms. The normalized spacial score (nSPS) is 9.86. The summed E-state index contributed by atoms with van der Waals surface area (Å²) in [5.74, 6) is 0.918. The first-order valence-electron chi connectivity index (χ1n) is 6.82. The number of hydrogen-bond donors (Lipinski definition) is 1. The number of rotatable bonds is 9. The van der Waals surface area contributed by atoms with E-state index in [1.54, 1.807) is 19.1 Å². The Labute approximate surface area is 133 Å². The van der Waals surface area contributed by atoms with Crippen molar-refractivity contribution in [2.24, 2.45) is 0 Å². The van der Waals surface area contributed by atoms with Gasteiger partial charge in [0.05, 0.1) is 19.8 Å². The number of ether oxygens (including phenoxy) is 2. The lowest BCUT2D eigenvalue weighted by Crippen LogP contribution is -2.36. The fourth-order valence-electron chi connectivity index (χ4n) is 1.72. The van der Waals surface area contributed by atoms with Crippen LogP contribution in [-0.2, 0) is 16.1 Å². The number of carbonyl (C=O) groups is 1. The lowest BCUT2D eigenvalue weighted by atomic mass is 10.2. The van der Waals surface area contributed by atoms with Gasteiger partial charge in [0, 0.05) is 27.2 Å². The first kappa shape index (κ1) is 19.7. The summed E-state index contributed by atoms with van der Waals surface area (Å²) in [4.78, 5) is 13.6. The van der Waals surface area contributed by atoms with Crippen molar-refractivity contribution in [2.75, 3.05) is 40.5 Å². The average Bonchev–Trinajstić information content (AvgIpc) is 2.45. The Balaban J connectivity index is 0.00000400. The zero-order chi connectivity index (χ0) is 14.8. The van der Waals surface area contributed by atoms with Gasteiger partial charge in [0.2, 0.25) is 5.91 Å². The van der Waals surface area contributed by atoms with Crippen LogP contribution >= 0.6 is 12.4 Å². The summed E-state index contributed by atoms with van der Waals surface area (Å²) in [5, 5.41) is 3.04. The molecule has 0 saturated carbocycles. The number of halogens is 1. The molecule has 0 aromatic heterocycles. The van der Waals surface area contributed by atoms with Gasteiger partial charge in [-0.05, 0) is 24.6 Å². The van der Waals surface area contributed by atoms with E-state index in [9.17, 15) is 4.79 Å². The van der Waals surface area contributed by atoms with E-state index < -0.39 is 0 Å². The molecule has 5 nitrogen and oxygen atoms in total. The summed E-state index contributed by atoms with van der Waals surface area (Å²) >= 11 is 0. The smallest absolute Gasteiger partial charge is 0.236 e. The first-order chi connectivity index (χ1) is 9.67. The number of hydrogen-bond acceptors (Lipinski definition) is 4. The third-order valence-electron chi connectivity index (χ3n) is 2.84. The van der Waals surface area contributed by atoms with Gasteiger partial charge in [-0.2, -0.15) is 0 Å².